The first-order valence-electron chi connectivity index (χ1n) is 5.78. The summed E-state index contributed by atoms with van der Waals surface area (Å²) in [5.74, 6) is -1.03. The third-order valence-corrected chi connectivity index (χ3v) is 2.81. The molecule has 0 aliphatic carbocycles. The van der Waals surface area contributed by atoms with Crippen LogP contribution in [-0.4, -0.2) is 0 Å². The van der Waals surface area contributed by atoms with Crippen molar-refractivity contribution in [2.75, 3.05) is 0 Å². The molecule has 0 amide bonds. The first-order chi connectivity index (χ1) is 7.57. The number of benzene rings is 1. The van der Waals surface area contributed by atoms with Crippen molar-refractivity contribution in [3.63, 3.8) is 0 Å². The standard InChI is InChI=1S/C13H19F2N.ClH/c1-3-4-5-6-11(16)12-10(14)8-7-9(2)13(12)15;/h7-8,11H,3-6,16H2,1-2H3;1H/t11-;/m0./s1. The number of halogens is 3. The second-order valence-electron chi connectivity index (χ2n) is 4.19. The fourth-order valence-corrected chi connectivity index (χ4v) is 1.78. The molecule has 17 heavy (non-hydrogen) atoms. The van der Waals surface area contributed by atoms with Crippen molar-refractivity contribution in [1.82, 2.24) is 0 Å². The molecule has 0 saturated heterocycles. The smallest absolute Gasteiger partial charge is 0.133 e. The fourth-order valence-electron chi connectivity index (χ4n) is 1.78. The minimum absolute atomic E-state index is 0. The van der Waals surface area contributed by atoms with Gasteiger partial charge in [0.15, 0.2) is 0 Å². The molecule has 0 saturated carbocycles. The van der Waals surface area contributed by atoms with Crippen molar-refractivity contribution in [3.8, 4) is 0 Å². The van der Waals surface area contributed by atoms with E-state index < -0.39 is 17.7 Å². The first kappa shape index (κ1) is 16.3. The van der Waals surface area contributed by atoms with Crippen molar-refractivity contribution in [2.45, 2.75) is 45.6 Å². The van der Waals surface area contributed by atoms with Gasteiger partial charge in [0.05, 0.1) is 0 Å². The molecule has 0 spiro atoms. The number of hydrogen-bond acceptors (Lipinski definition) is 1. The van der Waals surface area contributed by atoms with Gasteiger partial charge in [-0.2, -0.15) is 0 Å². The highest BCUT2D eigenvalue weighted by Gasteiger charge is 2.17. The minimum Gasteiger partial charge on any atom is -0.324 e. The van der Waals surface area contributed by atoms with Gasteiger partial charge in [-0.25, -0.2) is 8.78 Å². The maximum atomic E-state index is 13.7. The van der Waals surface area contributed by atoms with Crippen molar-refractivity contribution in [3.05, 3.63) is 34.9 Å². The van der Waals surface area contributed by atoms with E-state index in [1.54, 1.807) is 6.92 Å². The van der Waals surface area contributed by atoms with E-state index in [9.17, 15) is 8.78 Å². The molecule has 1 aromatic carbocycles. The van der Waals surface area contributed by atoms with E-state index in [2.05, 4.69) is 6.92 Å². The zero-order chi connectivity index (χ0) is 12.1. The van der Waals surface area contributed by atoms with Gasteiger partial charge in [0.2, 0.25) is 0 Å². The van der Waals surface area contributed by atoms with E-state index in [-0.39, 0.29) is 18.0 Å². The van der Waals surface area contributed by atoms with Gasteiger partial charge in [-0.3, -0.25) is 0 Å². The summed E-state index contributed by atoms with van der Waals surface area (Å²) >= 11 is 0. The highest BCUT2D eigenvalue weighted by atomic mass is 35.5. The van der Waals surface area contributed by atoms with Crippen LogP contribution in [0.25, 0.3) is 0 Å². The normalized spacial score (nSPS) is 12.1. The summed E-state index contributed by atoms with van der Waals surface area (Å²) in [6, 6.07) is 2.19. The lowest BCUT2D eigenvalue weighted by Gasteiger charge is -2.14. The summed E-state index contributed by atoms with van der Waals surface area (Å²) < 4.78 is 27.2. The quantitative estimate of drug-likeness (QED) is 0.789. The molecule has 0 bridgehead atoms. The average molecular weight is 264 g/mol. The number of nitrogens with two attached hydrogens (primary N) is 1. The van der Waals surface area contributed by atoms with Crippen LogP contribution in [-0.2, 0) is 0 Å². The first-order valence-corrected chi connectivity index (χ1v) is 5.78. The van der Waals surface area contributed by atoms with Gasteiger partial charge >= 0.3 is 0 Å². The Morgan fingerprint density at radius 1 is 1.24 bits per heavy atom. The Bertz CT molecular complexity index is 356. The number of unbranched alkanes of at least 4 members (excludes halogenated alkanes) is 2. The maximum absolute atomic E-state index is 13.7. The van der Waals surface area contributed by atoms with Crippen LogP contribution < -0.4 is 5.73 Å². The molecule has 0 fully saturated rings. The second kappa shape index (κ2) is 7.62. The summed E-state index contributed by atoms with van der Waals surface area (Å²) in [6.07, 6.45) is 3.66. The van der Waals surface area contributed by atoms with Crippen molar-refractivity contribution in [1.29, 1.82) is 0 Å². The topological polar surface area (TPSA) is 26.0 Å². The fraction of sp³-hybridized carbons (Fsp3) is 0.538. The van der Waals surface area contributed by atoms with E-state index in [1.165, 1.54) is 12.1 Å². The Hall–Kier alpha value is -0.670. The Morgan fingerprint density at radius 3 is 2.47 bits per heavy atom. The monoisotopic (exact) mass is 263 g/mol. The van der Waals surface area contributed by atoms with Crippen LogP contribution in [0, 0.1) is 18.6 Å². The molecule has 0 aliphatic rings. The molecule has 0 aromatic heterocycles. The number of rotatable bonds is 5. The summed E-state index contributed by atoms with van der Waals surface area (Å²) in [4.78, 5) is 0. The largest absolute Gasteiger partial charge is 0.324 e. The molecule has 4 heteroatoms. The molecule has 0 heterocycles. The van der Waals surface area contributed by atoms with Gasteiger partial charge in [-0.15, -0.1) is 12.4 Å². The molecule has 1 atom stereocenters. The Kier molecular flexibility index (Phi) is 7.32. The molecule has 2 N–H and O–H groups in total. The molecular formula is C13H20ClF2N. The third kappa shape index (κ3) is 4.25. The van der Waals surface area contributed by atoms with Gasteiger partial charge in [-0.05, 0) is 25.0 Å². The molecule has 98 valence electrons. The van der Waals surface area contributed by atoms with E-state index >= 15 is 0 Å². The lowest BCUT2D eigenvalue weighted by atomic mass is 9.98. The summed E-state index contributed by atoms with van der Waals surface area (Å²) in [5, 5.41) is 0. The Labute approximate surface area is 108 Å². The predicted molar refractivity (Wildman–Crippen MR) is 69.4 cm³/mol. The van der Waals surface area contributed by atoms with Crippen LogP contribution >= 0.6 is 12.4 Å². The lowest BCUT2D eigenvalue weighted by molar-refractivity contribution is 0.494. The van der Waals surface area contributed by atoms with Crippen LogP contribution in [0.5, 0.6) is 0 Å². The maximum Gasteiger partial charge on any atom is 0.133 e. The summed E-state index contributed by atoms with van der Waals surface area (Å²) in [7, 11) is 0. The molecule has 0 aliphatic heterocycles. The summed E-state index contributed by atoms with van der Waals surface area (Å²) in [5.41, 5.74) is 6.31. The lowest BCUT2D eigenvalue weighted by Crippen LogP contribution is -2.15. The minimum atomic E-state index is -0.536. The molecule has 0 radical (unpaired) electrons. The van der Waals surface area contributed by atoms with Crippen molar-refractivity contribution in [2.24, 2.45) is 5.73 Å². The van der Waals surface area contributed by atoms with E-state index in [0.717, 1.165) is 19.3 Å². The van der Waals surface area contributed by atoms with Crippen LogP contribution in [0.2, 0.25) is 0 Å². The molecule has 1 rings (SSSR count). The molecule has 0 unspecified atom stereocenters. The van der Waals surface area contributed by atoms with Crippen LogP contribution in [0.3, 0.4) is 0 Å². The SMILES string of the molecule is CCCCC[C@H](N)c1c(F)ccc(C)c1F.Cl. The zero-order valence-corrected chi connectivity index (χ0v) is 11.1. The van der Waals surface area contributed by atoms with Crippen molar-refractivity contribution < 1.29 is 8.78 Å². The van der Waals surface area contributed by atoms with Crippen molar-refractivity contribution >= 4 is 12.4 Å². The van der Waals surface area contributed by atoms with Gasteiger partial charge in [0.1, 0.15) is 11.6 Å². The molecule has 1 nitrogen and oxygen atoms in total. The van der Waals surface area contributed by atoms with E-state index in [1.807, 2.05) is 0 Å². The number of hydrogen-bond donors (Lipinski definition) is 1. The zero-order valence-electron chi connectivity index (χ0n) is 10.3. The van der Waals surface area contributed by atoms with Gasteiger partial charge in [-0.1, -0.05) is 32.3 Å². The predicted octanol–water partition coefficient (Wildman–Crippen LogP) is 4.28. The van der Waals surface area contributed by atoms with Gasteiger partial charge in [0.25, 0.3) is 0 Å². The van der Waals surface area contributed by atoms with E-state index in [4.69, 9.17) is 5.73 Å². The molecular weight excluding hydrogens is 244 g/mol. The van der Waals surface area contributed by atoms with Gasteiger partial charge in [0, 0.05) is 11.6 Å². The van der Waals surface area contributed by atoms with Crippen LogP contribution in [0.4, 0.5) is 8.78 Å². The summed E-state index contributed by atoms with van der Waals surface area (Å²) in [6.45, 7) is 3.70. The average Bonchev–Trinajstić information content (AvgIpc) is 2.24. The van der Waals surface area contributed by atoms with Gasteiger partial charge < -0.3 is 5.73 Å². The highest BCUT2D eigenvalue weighted by Crippen LogP contribution is 2.25. The molecule has 1 aromatic rings. The van der Waals surface area contributed by atoms with Crippen LogP contribution in [0.15, 0.2) is 12.1 Å². The van der Waals surface area contributed by atoms with E-state index in [0.29, 0.717) is 12.0 Å². The number of aryl methyl sites for hydroxylation is 1. The highest BCUT2D eigenvalue weighted by molar-refractivity contribution is 5.85. The van der Waals surface area contributed by atoms with Crippen LogP contribution in [0.1, 0.15) is 49.8 Å². The third-order valence-electron chi connectivity index (χ3n) is 2.81. The Balaban J connectivity index is 0.00000256. The Morgan fingerprint density at radius 2 is 1.88 bits per heavy atom. The second-order valence-corrected chi connectivity index (χ2v) is 4.19.